The molecule has 0 amide bonds. The fourth-order valence-corrected chi connectivity index (χ4v) is 3.70. The van der Waals surface area contributed by atoms with Crippen molar-refractivity contribution in [1.82, 2.24) is 0 Å². The van der Waals surface area contributed by atoms with Crippen LogP contribution in [0.2, 0.25) is 0 Å². The molecule has 0 aliphatic carbocycles. The van der Waals surface area contributed by atoms with E-state index in [9.17, 15) is 14.2 Å². The van der Waals surface area contributed by atoms with E-state index in [0.717, 1.165) is 11.1 Å². The number of carbonyl (C=O) groups is 2. The van der Waals surface area contributed by atoms with Crippen molar-refractivity contribution in [2.24, 2.45) is 0 Å². The van der Waals surface area contributed by atoms with Gasteiger partial charge in [-0.3, -0.25) is 18.4 Å². The van der Waals surface area contributed by atoms with Gasteiger partial charge in [-0.15, -0.1) is 0 Å². The molecule has 7 nitrogen and oxygen atoms in total. The van der Waals surface area contributed by atoms with E-state index in [2.05, 4.69) is 0 Å². The van der Waals surface area contributed by atoms with Crippen molar-refractivity contribution in [3.05, 3.63) is 108 Å². The van der Waals surface area contributed by atoms with Gasteiger partial charge in [-0.25, -0.2) is 9.36 Å². The summed E-state index contributed by atoms with van der Waals surface area (Å²) < 4.78 is 34.2. The van der Waals surface area contributed by atoms with E-state index in [-0.39, 0.29) is 13.2 Å². The molecule has 0 atom stereocenters. The smallest absolute Gasteiger partial charge is 0.454 e. The molecule has 0 aliphatic rings. The van der Waals surface area contributed by atoms with Gasteiger partial charge in [0, 0.05) is 0 Å². The first-order chi connectivity index (χ1) is 15.5. The molecule has 166 valence electrons. The van der Waals surface area contributed by atoms with Crippen molar-refractivity contribution < 1.29 is 32.5 Å². The number of phosphoric ester groups is 1. The summed E-state index contributed by atoms with van der Waals surface area (Å²) in [5.41, 5.74) is 1.86. The van der Waals surface area contributed by atoms with Crippen molar-refractivity contribution in [2.75, 3.05) is 13.2 Å². The Bertz CT molecular complexity index is 992. The van der Waals surface area contributed by atoms with Gasteiger partial charge in [0.25, 0.3) is 0 Å². The minimum Gasteiger partial charge on any atom is -0.454 e. The first-order valence-electron chi connectivity index (χ1n) is 9.89. The first kappa shape index (κ1) is 23.6. The SMILES string of the molecule is O=C(COC(=O)c1ccccc1)[13CH2]OP(=O)(OCc1ccccc1)OCc1ccccc1. The third kappa shape index (κ3) is 7.87. The van der Waals surface area contributed by atoms with E-state index in [0.29, 0.717) is 5.56 Å². The summed E-state index contributed by atoms with van der Waals surface area (Å²) in [7, 11) is -4.07. The standard InChI is InChI=1S/C24H23O7P/c25-23(18-28-24(26)22-14-8-3-9-15-22)19-31-32(27,29-16-20-10-4-1-5-11-20)30-17-21-12-6-2-7-13-21/h1-15H,16-19H2/i19+1. The number of esters is 1. The average molecular weight is 455 g/mol. The Hall–Kier alpha value is -3.09. The predicted molar refractivity (Wildman–Crippen MR) is 118 cm³/mol. The first-order valence-corrected chi connectivity index (χ1v) is 11.4. The molecule has 0 fully saturated rings. The molecule has 0 heterocycles. The van der Waals surface area contributed by atoms with Gasteiger partial charge in [-0.1, -0.05) is 78.9 Å². The summed E-state index contributed by atoms with van der Waals surface area (Å²) in [6.45, 7) is -1.16. The van der Waals surface area contributed by atoms with E-state index in [1.165, 1.54) is 0 Å². The second-order valence-corrected chi connectivity index (χ2v) is 8.39. The third-order valence-electron chi connectivity index (χ3n) is 4.22. The molecule has 0 unspecified atom stereocenters. The van der Waals surface area contributed by atoms with Gasteiger partial charge in [0.2, 0.25) is 0 Å². The predicted octanol–water partition coefficient (Wildman–Crippen LogP) is 4.97. The summed E-state index contributed by atoms with van der Waals surface area (Å²) in [6, 6.07) is 26.5. The Balaban J connectivity index is 1.55. The molecule has 3 rings (SSSR count). The second-order valence-electron chi connectivity index (χ2n) is 6.72. The maximum Gasteiger partial charge on any atom is 0.475 e. The highest BCUT2D eigenvalue weighted by Crippen LogP contribution is 2.50. The summed E-state index contributed by atoms with van der Waals surface area (Å²) in [6.07, 6.45) is 0. The summed E-state index contributed by atoms with van der Waals surface area (Å²) >= 11 is 0. The van der Waals surface area contributed by atoms with E-state index in [1.54, 1.807) is 54.6 Å². The molecule has 3 aromatic carbocycles. The van der Waals surface area contributed by atoms with E-state index in [1.807, 2.05) is 36.4 Å². The number of ketones is 1. The van der Waals surface area contributed by atoms with Gasteiger partial charge in [0.05, 0.1) is 18.8 Å². The van der Waals surface area contributed by atoms with Crippen molar-refractivity contribution in [3.63, 3.8) is 0 Å². The van der Waals surface area contributed by atoms with Crippen LogP contribution in [0.4, 0.5) is 0 Å². The number of benzene rings is 3. The van der Waals surface area contributed by atoms with Crippen molar-refractivity contribution in [2.45, 2.75) is 13.2 Å². The topological polar surface area (TPSA) is 88.1 Å². The second kappa shape index (κ2) is 12.1. The molecule has 0 aliphatic heterocycles. The molecule has 0 radical (unpaired) electrons. The van der Waals surface area contributed by atoms with Crippen LogP contribution >= 0.6 is 7.82 Å². The highest BCUT2D eigenvalue weighted by molar-refractivity contribution is 7.48. The fourth-order valence-electron chi connectivity index (χ4n) is 2.56. The minimum absolute atomic E-state index is 0.0237. The number of phosphoric acid groups is 1. The molecule has 0 saturated heterocycles. The molecule has 3 aromatic rings. The van der Waals surface area contributed by atoms with Crippen LogP contribution in [0.15, 0.2) is 91.0 Å². The lowest BCUT2D eigenvalue weighted by Gasteiger charge is -2.18. The number of hydrogen-bond acceptors (Lipinski definition) is 7. The van der Waals surface area contributed by atoms with Crippen molar-refractivity contribution in [1.29, 1.82) is 0 Å². The molecule has 32 heavy (non-hydrogen) atoms. The molecule has 0 spiro atoms. The van der Waals surface area contributed by atoms with Crippen LogP contribution in [0.3, 0.4) is 0 Å². The van der Waals surface area contributed by atoms with E-state index < -0.39 is 32.8 Å². The quantitative estimate of drug-likeness (QED) is 0.216. The maximum atomic E-state index is 13.1. The Morgan fingerprint density at radius 1 is 0.625 bits per heavy atom. The van der Waals surface area contributed by atoms with Gasteiger partial charge < -0.3 is 4.74 Å². The lowest BCUT2D eigenvalue weighted by Crippen LogP contribution is -2.18. The Morgan fingerprint density at radius 2 is 1.09 bits per heavy atom. The number of carbonyl (C=O) groups excluding carboxylic acids is 2. The van der Waals surface area contributed by atoms with Gasteiger partial charge >= 0.3 is 13.8 Å². The number of ether oxygens (including phenoxy) is 1. The van der Waals surface area contributed by atoms with Crippen LogP contribution in [0, 0.1) is 0 Å². The third-order valence-corrected chi connectivity index (χ3v) is 5.56. The summed E-state index contributed by atoms with van der Waals surface area (Å²) in [5, 5.41) is 0. The van der Waals surface area contributed by atoms with Crippen LogP contribution in [-0.2, 0) is 40.9 Å². The van der Waals surface area contributed by atoms with Crippen LogP contribution in [0.25, 0.3) is 0 Å². The van der Waals surface area contributed by atoms with E-state index in [4.69, 9.17) is 18.3 Å². The maximum absolute atomic E-state index is 13.1. The minimum atomic E-state index is -4.07. The fraction of sp³-hybridized carbons (Fsp3) is 0.167. The van der Waals surface area contributed by atoms with Crippen LogP contribution in [0.1, 0.15) is 21.5 Å². The van der Waals surface area contributed by atoms with Gasteiger partial charge in [0.15, 0.2) is 12.4 Å². The highest BCUT2D eigenvalue weighted by Gasteiger charge is 2.28. The Morgan fingerprint density at radius 3 is 1.59 bits per heavy atom. The van der Waals surface area contributed by atoms with E-state index >= 15 is 0 Å². The number of Topliss-reactive ketones (excluding diaryl/α,β-unsaturated/α-hetero) is 1. The average Bonchev–Trinajstić information content (AvgIpc) is 2.85. The Labute approximate surface area is 186 Å². The largest absolute Gasteiger partial charge is 0.475 e. The van der Waals surface area contributed by atoms with Crippen LogP contribution in [0.5, 0.6) is 0 Å². The van der Waals surface area contributed by atoms with Gasteiger partial charge in [-0.2, -0.15) is 0 Å². The van der Waals surface area contributed by atoms with Crippen molar-refractivity contribution >= 4 is 19.6 Å². The summed E-state index contributed by atoms with van der Waals surface area (Å²) in [4.78, 5) is 24.1. The zero-order valence-electron chi connectivity index (χ0n) is 17.3. The van der Waals surface area contributed by atoms with Gasteiger partial charge in [0.1, 0.15) is 6.61 Å². The molecular weight excluding hydrogens is 432 g/mol. The molecule has 8 heteroatoms. The lowest BCUT2D eigenvalue weighted by atomic mass is 10.2. The normalized spacial score (nSPS) is 11.1. The zero-order valence-corrected chi connectivity index (χ0v) is 18.2. The highest BCUT2D eigenvalue weighted by atomic mass is 31.2. The number of rotatable bonds is 12. The van der Waals surface area contributed by atoms with Crippen LogP contribution in [-0.4, -0.2) is 25.0 Å². The summed E-state index contributed by atoms with van der Waals surface area (Å²) in [5.74, 6) is -1.22. The van der Waals surface area contributed by atoms with Crippen molar-refractivity contribution in [3.8, 4) is 0 Å². The molecular formula is C24H23O7P. The molecule has 0 aromatic heterocycles. The molecule has 0 N–H and O–H groups in total. The number of hydrogen-bond donors (Lipinski definition) is 0. The molecule has 0 bridgehead atoms. The molecule has 0 saturated carbocycles. The monoisotopic (exact) mass is 455 g/mol. The Kier molecular flexibility index (Phi) is 8.90. The lowest BCUT2D eigenvalue weighted by molar-refractivity contribution is -0.124. The van der Waals surface area contributed by atoms with Gasteiger partial charge in [-0.05, 0) is 23.3 Å². The zero-order chi connectivity index (χ0) is 22.7. The van der Waals surface area contributed by atoms with Crippen LogP contribution < -0.4 is 0 Å².